The van der Waals surface area contributed by atoms with Gasteiger partial charge in [0.25, 0.3) is 11.5 Å². The van der Waals surface area contributed by atoms with E-state index in [9.17, 15) is 14.4 Å². The van der Waals surface area contributed by atoms with Crippen molar-refractivity contribution in [2.24, 2.45) is 5.73 Å². The maximum Gasteiger partial charge on any atom is 0.362 e. The van der Waals surface area contributed by atoms with E-state index in [1.165, 1.54) is 10.9 Å². The normalized spacial score (nSPS) is 11.7. The van der Waals surface area contributed by atoms with E-state index < -0.39 is 17.9 Å². The lowest BCUT2D eigenvalue weighted by molar-refractivity contribution is -0.577. The van der Waals surface area contributed by atoms with Gasteiger partial charge in [0, 0.05) is 29.2 Å². The summed E-state index contributed by atoms with van der Waals surface area (Å²) in [5, 5.41) is 11.1. The summed E-state index contributed by atoms with van der Waals surface area (Å²) in [5.74, 6) is 5.32. The predicted octanol–water partition coefficient (Wildman–Crippen LogP) is 1.61. The Morgan fingerprint density at radius 3 is 2.72 bits per heavy atom. The smallest absolute Gasteiger partial charge is 0.362 e. The highest BCUT2D eigenvalue weighted by Gasteiger charge is 2.27. The summed E-state index contributed by atoms with van der Waals surface area (Å²) < 4.78 is 4.55. The van der Waals surface area contributed by atoms with Gasteiger partial charge in [-0.1, -0.05) is 42.2 Å². The summed E-state index contributed by atoms with van der Waals surface area (Å²) in [6, 6.07) is 17.6. The molecular formula is C31H26N9O3+. The second-order valence-corrected chi connectivity index (χ2v) is 9.87. The van der Waals surface area contributed by atoms with E-state index in [1.54, 1.807) is 46.7 Å². The number of carbonyl (C=O) groups excluding carboxylic acids is 2. The summed E-state index contributed by atoms with van der Waals surface area (Å²) in [7, 11) is 0. The van der Waals surface area contributed by atoms with E-state index >= 15 is 0 Å². The van der Waals surface area contributed by atoms with E-state index in [4.69, 9.17) is 11.5 Å². The molecule has 0 aliphatic carbocycles. The number of rotatable bonds is 6. The van der Waals surface area contributed by atoms with Crippen LogP contribution in [0.3, 0.4) is 0 Å². The van der Waals surface area contributed by atoms with Crippen LogP contribution in [0.2, 0.25) is 0 Å². The number of benzene rings is 2. The van der Waals surface area contributed by atoms with Gasteiger partial charge < -0.3 is 16.8 Å². The monoisotopic (exact) mass is 572 g/mol. The van der Waals surface area contributed by atoms with Gasteiger partial charge in [0.15, 0.2) is 11.4 Å². The van der Waals surface area contributed by atoms with Crippen molar-refractivity contribution in [3.63, 3.8) is 0 Å². The Kier molecular flexibility index (Phi) is 6.89. The largest absolute Gasteiger partial charge is 0.382 e. The average Bonchev–Trinajstić information content (AvgIpc) is 3.58. The van der Waals surface area contributed by atoms with E-state index in [2.05, 4.69) is 32.3 Å². The van der Waals surface area contributed by atoms with Crippen molar-refractivity contribution in [2.45, 2.75) is 19.5 Å². The molecule has 0 aliphatic rings. The van der Waals surface area contributed by atoms with Crippen molar-refractivity contribution in [1.29, 1.82) is 0 Å². The molecule has 212 valence electrons. The highest BCUT2D eigenvalue weighted by atomic mass is 16.2. The first-order chi connectivity index (χ1) is 20.8. The van der Waals surface area contributed by atoms with Crippen LogP contribution in [0, 0.1) is 11.8 Å². The standard InChI is InChI=1S/C31H25N9O3/c1-19(36-30(42)27-28(33)37-39-14-6-13-34-29(27)39)24-15-22-8-5-7-21(12-11-20-16-35-38(17-20)18-25(32)41)26(22)31(43)40(24)23-9-3-2-4-10-23/h2-10,13-17,19H,18H2,1H3,(H5,32,33,36,37,41,42)/p+1. The van der Waals surface area contributed by atoms with Crippen LogP contribution < -0.4 is 26.9 Å². The number of pyridine rings is 1. The first-order valence-electron chi connectivity index (χ1n) is 13.3. The van der Waals surface area contributed by atoms with Gasteiger partial charge in [0.2, 0.25) is 5.91 Å². The van der Waals surface area contributed by atoms with Crippen LogP contribution in [0.25, 0.3) is 22.1 Å². The van der Waals surface area contributed by atoms with Gasteiger partial charge in [-0.2, -0.15) is 5.10 Å². The van der Waals surface area contributed by atoms with Gasteiger partial charge in [0.05, 0.1) is 23.2 Å². The topological polar surface area (TPSA) is 171 Å². The van der Waals surface area contributed by atoms with Gasteiger partial charge >= 0.3 is 5.65 Å². The second-order valence-electron chi connectivity index (χ2n) is 9.87. The van der Waals surface area contributed by atoms with Crippen molar-refractivity contribution < 1.29 is 14.1 Å². The number of para-hydroxylation sites is 1. The SMILES string of the molecule is CC(NC(=O)c1c(N)[nH][n+]2cccnc12)c1cc2cccc(C#Cc3cnn(CC(N)=O)c3)c2c(=O)n1-c1ccccc1. The number of hydrogen-bond acceptors (Lipinski definition) is 6. The summed E-state index contributed by atoms with van der Waals surface area (Å²) in [6.45, 7) is 1.74. The van der Waals surface area contributed by atoms with Crippen LogP contribution >= 0.6 is 0 Å². The molecule has 0 saturated carbocycles. The molecule has 0 bridgehead atoms. The van der Waals surface area contributed by atoms with Crippen LogP contribution in [0.1, 0.15) is 40.1 Å². The molecule has 6 aromatic rings. The van der Waals surface area contributed by atoms with E-state index in [0.29, 0.717) is 38.9 Å². The maximum absolute atomic E-state index is 14.2. The Morgan fingerprint density at radius 2 is 1.93 bits per heavy atom. The predicted molar refractivity (Wildman–Crippen MR) is 159 cm³/mol. The molecule has 4 aromatic heterocycles. The lowest BCUT2D eigenvalue weighted by atomic mass is 10.0. The minimum Gasteiger partial charge on any atom is -0.382 e. The molecule has 6 N–H and O–H groups in total. The van der Waals surface area contributed by atoms with E-state index in [-0.39, 0.29) is 23.5 Å². The number of amides is 2. The molecule has 2 amide bonds. The minimum atomic E-state index is -0.603. The van der Waals surface area contributed by atoms with Crippen LogP contribution in [-0.4, -0.2) is 36.2 Å². The number of nitrogens with one attached hydrogen (secondary N) is 2. The number of fused-ring (bicyclic) bond motifs is 2. The third-order valence-electron chi connectivity index (χ3n) is 6.88. The number of H-pyrrole nitrogens is 1. The summed E-state index contributed by atoms with van der Waals surface area (Å²) in [5.41, 5.74) is 14.0. The number of primary amides is 1. The van der Waals surface area contributed by atoms with Crippen molar-refractivity contribution in [3.8, 4) is 17.5 Å². The summed E-state index contributed by atoms with van der Waals surface area (Å²) >= 11 is 0. The highest BCUT2D eigenvalue weighted by molar-refractivity contribution is 6.03. The third kappa shape index (κ3) is 5.18. The van der Waals surface area contributed by atoms with Crippen LogP contribution in [0.15, 0.2) is 90.2 Å². The Bertz CT molecular complexity index is 2150. The first-order valence-corrected chi connectivity index (χ1v) is 13.3. The molecule has 43 heavy (non-hydrogen) atoms. The minimum absolute atomic E-state index is 0.0581. The number of nitrogen functional groups attached to an aromatic ring is 1. The Balaban J connectivity index is 1.44. The third-order valence-corrected chi connectivity index (χ3v) is 6.88. The molecule has 2 aromatic carbocycles. The molecule has 0 radical (unpaired) electrons. The van der Waals surface area contributed by atoms with E-state index in [1.807, 2.05) is 48.5 Å². The molecule has 6 rings (SSSR count). The number of aromatic amines is 1. The molecule has 0 fully saturated rings. The fourth-order valence-corrected chi connectivity index (χ4v) is 4.98. The summed E-state index contributed by atoms with van der Waals surface area (Å²) in [6.07, 6.45) is 6.43. The van der Waals surface area contributed by atoms with Crippen molar-refractivity contribution >= 4 is 34.1 Å². The highest BCUT2D eigenvalue weighted by Crippen LogP contribution is 2.24. The number of nitrogens with two attached hydrogens (primary N) is 2. The van der Waals surface area contributed by atoms with Gasteiger partial charge in [0.1, 0.15) is 18.9 Å². The van der Waals surface area contributed by atoms with Crippen LogP contribution in [0.4, 0.5) is 5.82 Å². The second kappa shape index (κ2) is 11.0. The molecule has 0 saturated heterocycles. The van der Waals surface area contributed by atoms with Crippen molar-refractivity contribution in [2.75, 3.05) is 5.73 Å². The zero-order valence-electron chi connectivity index (χ0n) is 23.0. The summed E-state index contributed by atoms with van der Waals surface area (Å²) in [4.78, 5) is 43.2. The Labute approximate surface area is 244 Å². The van der Waals surface area contributed by atoms with Gasteiger partial charge in [-0.3, -0.25) is 23.6 Å². The fourth-order valence-electron chi connectivity index (χ4n) is 4.98. The van der Waals surface area contributed by atoms with Gasteiger partial charge in [-0.05, 0) is 41.6 Å². The molecule has 0 spiro atoms. The molecule has 0 aliphatic heterocycles. The fraction of sp³-hybridized carbons (Fsp3) is 0.0968. The number of anilines is 1. The maximum atomic E-state index is 14.2. The van der Waals surface area contributed by atoms with Crippen molar-refractivity contribution in [3.05, 3.63) is 118 Å². The zero-order chi connectivity index (χ0) is 30.1. The zero-order valence-corrected chi connectivity index (χ0v) is 23.0. The molecular weight excluding hydrogens is 546 g/mol. The molecule has 12 nitrogen and oxygen atoms in total. The number of nitrogens with zero attached hydrogens (tertiary/aromatic N) is 5. The van der Waals surface area contributed by atoms with Crippen LogP contribution in [0.5, 0.6) is 0 Å². The van der Waals surface area contributed by atoms with Crippen LogP contribution in [-0.2, 0) is 11.3 Å². The quantitative estimate of drug-likeness (QED) is 0.174. The van der Waals surface area contributed by atoms with Crippen molar-refractivity contribution in [1.82, 2.24) is 29.7 Å². The van der Waals surface area contributed by atoms with Gasteiger partial charge in [-0.15, -0.1) is 4.52 Å². The molecule has 4 heterocycles. The lowest BCUT2D eigenvalue weighted by Crippen LogP contribution is -2.33. The Morgan fingerprint density at radius 1 is 1.12 bits per heavy atom. The number of carbonyl (C=O) groups is 2. The molecule has 12 heteroatoms. The number of aromatic nitrogens is 6. The number of hydrogen-bond donors (Lipinski definition) is 4. The lowest BCUT2D eigenvalue weighted by Gasteiger charge is -2.21. The first kappa shape index (κ1) is 27.0. The molecule has 1 unspecified atom stereocenters. The van der Waals surface area contributed by atoms with Gasteiger partial charge in [-0.25, -0.2) is 5.10 Å². The Hall–Kier alpha value is -6.22. The van der Waals surface area contributed by atoms with E-state index in [0.717, 1.165) is 0 Å². The molecule has 1 atom stereocenters. The average molecular weight is 573 g/mol.